The molecule has 0 radical (unpaired) electrons. The molecule has 1 aromatic heterocycles. The number of carbonyl (C=O) groups is 1. The number of aromatic nitrogens is 2. The lowest BCUT2D eigenvalue weighted by molar-refractivity contribution is -0.125. The normalized spacial score (nSPS) is 20.1. The topological polar surface area (TPSA) is 84.3 Å². The Morgan fingerprint density at radius 2 is 2.54 bits per heavy atom. The first-order valence-electron chi connectivity index (χ1n) is 3.69. The summed E-state index contributed by atoms with van der Waals surface area (Å²) in [7, 11) is 0. The van der Waals surface area contributed by atoms with Crippen LogP contribution in [0.2, 0.25) is 0 Å². The van der Waals surface area contributed by atoms with Crippen molar-refractivity contribution in [1.82, 2.24) is 9.97 Å². The van der Waals surface area contributed by atoms with E-state index in [1.807, 2.05) is 0 Å². The molecule has 13 heavy (non-hydrogen) atoms. The van der Waals surface area contributed by atoms with Gasteiger partial charge in [0.2, 0.25) is 12.0 Å². The van der Waals surface area contributed by atoms with Crippen molar-refractivity contribution in [2.24, 2.45) is 0 Å². The molecule has 0 fully saturated rings. The molecule has 6 heteroatoms. The molecular formula is C7H7N3O3. The molecule has 2 N–H and O–H groups in total. The van der Waals surface area contributed by atoms with Crippen molar-refractivity contribution < 1.29 is 14.6 Å². The number of amides is 1. The monoisotopic (exact) mass is 181 g/mol. The third kappa shape index (κ3) is 1.31. The van der Waals surface area contributed by atoms with Crippen molar-refractivity contribution in [3.8, 4) is 5.88 Å². The maximum Gasteiger partial charge on any atom is 0.268 e. The number of hydrogen-bond donors (Lipinski definition) is 2. The van der Waals surface area contributed by atoms with Gasteiger partial charge in [0.25, 0.3) is 5.91 Å². The van der Waals surface area contributed by atoms with Gasteiger partial charge < -0.3 is 15.2 Å². The number of ether oxygens (including phenoxy) is 1. The van der Waals surface area contributed by atoms with E-state index in [9.17, 15) is 4.79 Å². The van der Waals surface area contributed by atoms with Gasteiger partial charge in [0.15, 0.2) is 0 Å². The molecule has 2 heterocycles. The standard InChI is InChI=1S/C7H7N3O3/c11-2-5-6(12)10-4-1-8-3-9-7(4)13-5/h1,3,5,11H,2H2,(H,10,12). The van der Waals surface area contributed by atoms with Crippen LogP contribution in [0.1, 0.15) is 0 Å². The highest BCUT2D eigenvalue weighted by atomic mass is 16.5. The summed E-state index contributed by atoms with van der Waals surface area (Å²) in [5, 5.41) is 11.3. The number of carbonyl (C=O) groups excluding carboxylic acids is 1. The maximum absolute atomic E-state index is 11.1. The number of nitrogens with zero attached hydrogens (tertiary/aromatic N) is 2. The Morgan fingerprint density at radius 3 is 3.31 bits per heavy atom. The molecule has 68 valence electrons. The lowest BCUT2D eigenvalue weighted by Crippen LogP contribution is -2.39. The second-order valence-corrected chi connectivity index (χ2v) is 2.52. The summed E-state index contributed by atoms with van der Waals surface area (Å²) in [6.07, 6.45) is 1.88. The van der Waals surface area contributed by atoms with E-state index < -0.39 is 6.10 Å². The molecule has 0 aromatic carbocycles. The molecule has 2 rings (SSSR count). The average Bonchev–Trinajstić information content (AvgIpc) is 2.17. The molecule has 0 saturated heterocycles. The van der Waals surface area contributed by atoms with Gasteiger partial charge in [0.05, 0.1) is 12.8 Å². The van der Waals surface area contributed by atoms with Gasteiger partial charge in [-0.2, -0.15) is 4.98 Å². The highest BCUT2D eigenvalue weighted by molar-refractivity contribution is 5.97. The molecule has 1 aliphatic rings. The zero-order valence-electron chi connectivity index (χ0n) is 6.60. The van der Waals surface area contributed by atoms with Crippen molar-refractivity contribution in [2.45, 2.75) is 6.10 Å². The Hall–Kier alpha value is -1.69. The van der Waals surface area contributed by atoms with E-state index in [4.69, 9.17) is 9.84 Å². The summed E-state index contributed by atoms with van der Waals surface area (Å²) in [4.78, 5) is 18.6. The fraction of sp³-hybridized carbons (Fsp3) is 0.286. The van der Waals surface area contributed by atoms with E-state index in [1.54, 1.807) is 0 Å². The van der Waals surface area contributed by atoms with Crippen molar-refractivity contribution in [2.75, 3.05) is 11.9 Å². The van der Waals surface area contributed by atoms with E-state index in [2.05, 4.69) is 15.3 Å². The van der Waals surface area contributed by atoms with Crippen LogP contribution in [-0.4, -0.2) is 33.7 Å². The Bertz CT molecular complexity index is 342. The predicted octanol–water partition coefficient (Wildman–Crippen LogP) is -0.832. The molecule has 1 unspecified atom stereocenters. The van der Waals surface area contributed by atoms with Gasteiger partial charge in [-0.15, -0.1) is 0 Å². The van der Waals surface area contributed by atoms with Crippen LogP contribution in [-0.2, 0) is 4.79 Å². The van der Waals surface area contributed by atoms with Crippen LogP contribution >= 0.6 is 0 Å². The number of anilines is 1. The minimum Gasteiger partial charge on any atom is -0.460 e. The van der Waals surface area contributed by atoms with Crippen LogP contribution < -0.4 is 10.1 Å². The maximum atomic E-state index is 11.1. The van der Waals surface area contributed by atoms with Crippen LogP contribution in [0.4, 0.5) is 5.69 Å². The van der Waals surface area contributed by atoms with E-state index in [1.165, 1.54) is 12.5 Å². The smallest absolute Gasteiger partial charge is 0.268 e. The Labute approximate surface area is 73.6 Å². The third-order valence-corrected chi connectivity index (χ3v) is 1.65. The van der Waals surface area contributed by atoms with Gasteiger partial charge in [-0.1, -0.05) is 0 Å². The zero-order valence-corrected chi connectivity index (χ0v) is 6.60. The quantitative estimate of drug-likeness (QED) is 0.590. The first-order chi connectivity index (χ1) is 6.31. The van der Waals surface area contributed by atoms with Crippen LogP contribution in [0.25, 0.3) is 0 Å². The highest BCUT2D eigenvalue weighted by Gasteiger charge is 2.27. The molecule has 1 amide bonds. The number of nitrogens with one attached hydrogen (secondary N) is 1. The van der Waals surface area contributed by atoms with Crippen molar-refractivity contribution in [3.05, 3.63) is 12.5 Å². The van der Waals surface area contributed by atoms with Gasteiger partial charge >= 0.3 is 0 Å². The third-order valence-electron chi connectivity index (χ3n) is 1.65. The minimum absolute atomic E-state index is 0.286. The number of aliphatic hydroxyl groups excluding tert-OH is 1. The molecule has 6 nitrogen and oxygen atoms in total. The second kappa shape index (κ2) is 2.98. The Balaban J connectivity index is 2.33. The molecule has 1 aliphatic heterocycles. The predicted molar refractivity (Wildman–Crippen MR) is 42.2 cm³/mol. The van der Waals surface area contributed by atoms with E-state index >= 15 is 0 Å². The molecule has 0 saturated carbocycles. The fourth-order valence-electron chi connectivity index (χ4n) is 1.02. The van der Waals surface area contributed by atoms with Crippen LogP contribution in [0.5, 0.6) is 5.88 Å². The SMILES string of the molecule is O=C1Nc2cncnc2OC1CO. The lowest BCUT2D eigenvalue weighted by Gasteiger charge is -2.22. The Kier molecular flexibility index (Phi) is 1.82. The highest BCUT2D eigenvalue weighted by Crippen LogP contribution is 2.24. The first-order valence-corrected chi connectivity index (χ1v) is 3.69. The van der Waals surface area contributed by atoms with Gasteiger partial charge in [-0.25, -0.2) is 4.98 Å². The zero-order chi connectivity index (χ0) is 9.26. The van der Waals surface area contributed by atoms with Crippen LogP contribution in [0.3, 0.4) is 0 Å². The van der Waals surface area contributed by atoms with E-state index in [0.717, 1.165) is 0 Å². The van der Waals surface area contributed by atoms with Crippen LogP contribution in [0.15, 0.2) is 12.5 Å². The van der Waals surface area contributed by atoms with E-state index in [-0.39, 0.29) is 18.4 Å². The molecule has 0 aliphatic carbocycles. The molecule has 0 spiro atoms. The van der Waals surface area contributed by atoms with Crippen molar-refractivity contribution in [3.63, 3.8) is 0 Å². The summed E-state index contributed by atoms with van der Waals surface area (Å²) >= 11 is 0. The summed E-state index contributed by atoms with van der Waals surface area (Å²) in [5.74, 6) is -0.0987. The molecule has 1 aromatic rings. The summed E-state index contributed by atoms with van der Waals surface area (Å²) in [5.41, 5.74) is 0.428. The van der Waals surface area contributed by atoms with E-state index in [0.29, 0.717) is 5.69 Å². The molecule has 0 bridgehead atoms. The van der Waals surface area contributed by atoms with Gasteiger partial charge in [0, 0.05) is 0 Å². The minimum atomic E-state index is -0.873. The van der Waals surface area contributed by atoms with Crippen molar-refractivity contribution >= 4 is 11.6 Å². The number of hydrogen-bond acceptors (Lipinski definition) is 5. The lowest BCUT2D eigenvalue weighted by atomic mass is 10.3. The number of aliphatic hydroxyl groups is 1. The fourth-order valence-corrected chi connectivity index (χ4v) is 1.02. The van der Waals surface area contributed by atoms with Gasteiger partial charge in [-0.05, 0) is 0 Å². The largest absolute Gasteiger partial charge is 0.460 e. The molecular weight excluding hydrogens is 174 g/mol. The second-order valence-electron chi connectivity index (χ2n) is 2.52. The average molecular weight is 181 g/mol. The van der Waals surface area contributed by atoms with Gasteiger partial charge in [-0.3, -0.25) is 4.79 Å². The summed E-state index contributed by atoms with van der Waals surface area (Å²) in [6.45, 7) is -0.366. The van der Waals surface area contributed by atoms with Crippen LogP contribution in [0, 0.1) is 0 Å². The molecule has 1 atom stereocenters. The summed E-state index contributed by atoms with van der Waals surface area (Å²) < 4.78 is 5.08. The Morgan fingerprint density at radius 1 is 1.69 bits per heavy atom. The number of rotatable bonds is 1. The van der Waals surface area contributed by atoms with Crippen molar-refractivity contribution in [1.29, 1.82) is 0 Å². The number of fused-ring (bicyclic) bond motifs is 1. The van der Waals surface area contributed by atoms with Gasteiger partial charge in [0.1, 0.15) is 12.0 Å². The summed E-state index contributed by atoms with van der Waals surface area (Å²) in [6, 6.07) is 0. The first kappa shape index (κ1) is 7.93.